The Balaban J connectivity index is 2.07. The van der Waals surface area contributed by atoms with Gasteiger partial charge in [0.15, 0.2) is 0 Å². The molecule has 1 aromatic heterocycles. The molecule has 0 radical (unpaired) electrons. The van der Waals surface area contributed by atoms with E-state index in [2.05, 4.69) is 58.4 Å². The van der Waals surface area contributed by atoms with Gasteiger partial charge in [-0.2, -0.15) is 0 Å². The van der Waals surface area contributed by atoms with Gasteiger partial charge in [-0.15, -0.1) is 15.0 Å². The second-order valence-electron chi connectivity index (χ2n) is 11.5. The first-order valence-electron chi connectivity index (χ1n) is 12.1. The fourth-order valence-corrected chi connectivity index (χ4v) is 6.25. The van der Waals surface area contributed by atoms with Gasteiger partial charge in [0.05, 0.1) is 0 Å². The van der Waals surface area contributed by atoms with Gasteiger partial charge in [0, 0.05) is 14.2 Å². The molecule has 0 saturated carbocycles. The number of nitrogens with zero attached hydrogens (tertiary/aromatic N) is 3. The van der Waals surface area contributed by atoms with E-state index in [0.29, 0.717) is 5.69 Å². The molecule has 2 aromatic carbocycles. The first-order chi connectivity index (χ1) is 15.8. The Kier molecular flexibility index (Phi) is 7.60. The van der Waals surface area contributed by atoms with Gasteiger partial charge in [0.25, 0.3) is 0 Å². The predicted octanol–water partition coefficient (Wildman–Crippen LogP) is 6.45. The number of benzene rings is 2. The second-order valence-corrected chi connectivity index (χ2v) is 15.1. The van der Waals surface area contributed by atoms with Crippen LogP contribution < -0.4 is 0 Å². The average molecular weight is 484 g/mol. The molecule has 0 aliphatic heterocycles. The van der Waals surface area contributed by atoms with Crippen LogP contribution in [0, 0.1) is 12.3 Å². The smallest absolute Gasteiger partial charge is 0.334 e. The lowest BCUT2D eigenvalue weighted by molar-refractivity contribution is 0.248. The predicted molar refractivity (Wildman–Crippen MR) is 141 cm³/mol. The zero-order chi connectivity index (χ0) is 25.3. The van der Waals surface area contributed by atoms with Crippen LogP contribution in [0.3, 0.4) is 0 Å². The number of phenolic OH excluding ortho intramolecular Hbond substituents is 1. The van der Waals surface area contributed by atoms with Crippen LogP contribution in [-0.4, -0.2) is 42.9 Å². The average Bonchev–Trinajstić information content (AvgIpc) is 3.15. The summed E-state index contributed by atoms with van der Waals surface area (Å²) in [6.07, 6.45) is 2.61. The summed E-state index contributed by atoms with van der Waals surface area (Å²) < 4.78 is 11.3. The minimum atomic E-state index is -2.17. The maximum Gasteiger partial charge on any atom is 0.334 e. The van der Waals surface area contributed by atoms with Gasteiger partial charge < -0.3 is 14.0 Å². The summed E-state index contributed by atoms with van der Waals surface area (Å²) in [7, 11) is 1.27. The molecule has 6 nitrogen and oxygen atoms in total. The van der Waals surface area contributed by atoms with Crippen LogP contribution in [-0.2, 0) is 20.7 Å². The standard InChI is InChI=1S/C27H41N3O3Si/c1-19-12-13-22-23(15-19)29-30(28-22)24-17-21(27(5,6)18-26(2,3)4)16-20(25(24)31)11-10-14-34(9,32-7)33-8/h12-13,15-17,31H,10-11,14,18H2,1-9H3. The molecule has 7 heteroatoms. The summed E-state index contributed by atoms with van der Waals surface area (Å²) in [5.74, 6) is 0.241. The summed E-state index contributed by atoms with van der Waals surface area (Å²) in [6, 6.07) is 11.1. The van der Waals surface area contributed by atoms with Gasteiger partial charge in [-0.25, -0.2) is 0 Å². The molecule has 0 unspecified atom stereocenters. The zero-order valence-corrected chi connectivity index (χ0v) is 23.3. The lowest BCUT2D eigenvalue weighted by Gasteiger charge is -2.33. The van der Waals surface area contributed by atoms with E-state index in [0.717, 1.165) is 47.5 Å². The molecule has 0 spiro atoms. The van der Waals surface area contributed by atoms with Crippen LogP contribution in [0.4, 0.5) is 0 Å². The lowest BCUT2D eigenvalue weighted by atomic mass is 9.72. The van der Waals surface area contributed by atoms with Crippen molar-refractivity contribution in [1.82, 2.24) is 15.0 Å². The van der Waals surface area contributed by atoms with Crippen molar-refractivity contribution in [3.05, 3.63) is 47.0 Å². The fourth-order valence-electron chi connectivity index (χ4n) is 4.86. The number of aryl methyl sites for hydroxylation is 2. The van der Waals surface area contributed by atoms with Crippen molar-refractivity contribution < 1.29 is 14.0 Å². The molecule has 0 amide bonds. The summed E-state index contributed by atoms with van der Waals surface area (Å²) in [5, 5.41) is 20.7. The van der Waals surface area contributed by atoms with E-state index in [9.17, 15) is 5.11 Å². The molecule has 3 rings (SSSR count). The Bertz CT molecular complexity index is 1140. The van der Waals surface area contributed by atoms with Crippen LogP contribution in [0.1, 0.15) is 64.2 Å². The zero-order valence-electron chi connectivity index (χ0n) is 22.3. The van der Waals surface area contributed by atoms with E-state index >= 15 is 0 Å². The summed E-state index contributed by atoms with van der Waals surface area (Å²) in [5.41, 5.74) is 5.57. The quantitative estimate of drug-likeness (QED) is 0.354. The first kappa shape index (κ1) is 26.4. The maximum atomic E-state index is 11.3. The van der Waals surface area contributed by atoms with Gasteiger partial charge in [-0.3, -0.25) is 0 Å². The molecule has 0 saturated heterocycles. The van der Waals surface area contributed by atoms with Crippen molar-refractivity contribution in [3.63, 3.8) is 0 Å². The van der Waals surface area contributed by atoms with Gasteiger partial charge in [0.2, 0.25) is 0 Å². The van der Waals surface area contributed by atoms with Crippen molar-refractivity contribution >= 4 is 19.6 Å². The van der Waals surface area contributed by atoms with Gasteiger partial charge >= 0.3 is 8.56 Å². The molecular weight excluding hydrogens is 442 g/mol. The number of rotatable bonds is 9. The van der Waals surface area contributed by atoms with Crippen molar-refractivity contribution in [2.75, 3.05) is 14.2 Å². The highest BCUT2D eigenvalue weighted by Crippen LogP contribution is 2.40. The number of aromatic hydroxyl groups is 1. The van der Waals surface area contributed by atoms with E-state index in [4.69, 9.17) is 14.0 Å². The molecule has 34 heavy (non-hydrogen) atoms. The third-order valence-electron chi connectivity index (χ3n) is 6.61. The first-order valence-corrected chi connectivity index (χ1v) is 14.6. The molecule has 3 aromatic rings. The summed E-state index contributed by atoms with van der Waals surface area (Å²) in [4.78, 5) is 1.59. The van der Waals surface area contributed by atoms with Gasteiger partial charge in [-0.05, 0) is 84.5 Å². The van der Waals surface area contributed by atoms with Crippen molar-refractivity contribution in [1.29, 1.82) is 0 Å². The van der Waals surface area contributed by atoms with E-state index in [1.54, 1.807) is 19.0 Å². The fraction of sp³-hybridized carbons (Fsp3) is 0.556. The minimum Gasteiger partial charge on any atom is -0.505 e. The van der Waals surface area contributed by atoms with E-state index < -0.39 is 8.56 Å². The highest BCUT2D eigenvalue weighted by atomic mass is 28.4. The van der Waals surface area contributed by atoms with Crippen LogP contribution >= 0.6 is 0 Å². The molecule has 0 fully saturated rings. The Hall–Kier alpha value is -2.22. The lowest BCUT2D eigenvalue weighted by Crippen LogP contribution is -2.35. The number of fused-ring (bicyclic) bond motifs is 1. The minimum absolute atomic E-state index is 0.0824. The summed E-state index contributed by atoms with van der Waals surface area (Å²) >= 11 is 0. The van der Waals surface area contributed by atoms with Crippen LogP contribution in [0.5, 0.6) is 5.75 Å². The molecular formula is C27H41N3O3Si. The number of phenols is 1. The van der Waals surface area contributed by atoms with Crippen molar-refractivity contribution in [2.45, 2.75) is 78.8 Å². The normalized spacial score (nSPS) is 13.1. The highest BCUT2D eigenvalue weighted by molar-refractivity contribution is 6.65. The summed E-state index contributed by atoms with van der Waals surface area (Å²) in [6.45, 7) is 15.5. The Morgan fingerprint density at radius 3 is 2.24 bits per heavy atom. The third-order valence-corrected chi connectivity index (χ3v) is 9.60. The Morgan fingerprint density at radius 2 is 1.62 bits per heavy atom. The second kappa shape index (κ2) is 9.80. The van der Waals surface area contributed by atoms with Crippen LogP contribution in [0.25, 0.3) is 16.7 Å². The monoisotopic (exact) mass is 483 g/mol. The van der Waals surface area contributed by atoms with Crippen molar-refractivity contribution in [3.8, 4) is 11.4 Å². The molecule has 1 N–H and O–H groups in total. The topological polar surface area (TPSA) is 69.4 Å². The van der Waals surface area contributed by atoms with E-state index in [1.165, 1.54) is 5.56 Å². The molecule has 0 aliphatic rings. The van der Waals surface area contributed by atoms with Crippen LogP contribution in [0.2, 0.25) is 12.6 Å². The van der Waals surface area contributed by atoms with E-state index in [1.807, 2.05) is 25.1 Å². The highest BCUT2D eigenvalue weighted by Gasteiger charge is 2.31. The Morgan fingerprint density at radius 1 is 0.971 bits per heavy atom. The Labute approximate surface area is 205 Å². The van der Waals surface area contributed by atoms with Crippen molar-refractivity contribution in [2.24, 2.45) is 5.41 Å². The molecule has 0 bridgehead atoms. The largest absolute Gasteiger partial charge is 0.505 e. The van der Waals surface area contributed by atoms with Crippen LogP contribution in [0.15, 0.2) is 30.3 Å². The van der Waals surface area contributed by atoms with Gasteiger partial charge in [-0.1, -0.05) is 46.8 Å². The SMILES string of the molecule is CO[Si](C)(CCCc1cc(C(C)(C)CC(C)(C)C)cc(-n2nc3ccc(C)cc3n2)c1O)OC. The molecule has 0 atom stereocenters. The van der Waals surface area contributed by atoms with E-state index in [-0.39, 0.29) is 16.6 Å². The third kappa shape index (κ3) is 6.06. The number of hydrogen-bond donors (Lipinski definition) is 1. The maximum absolute atomic E-state index is 11.3. The number of hydrogen-bond acceptors (Lipinski definition) is 5. The molecule has 186 valence electrons. The molecule has 1 heterocycles. The molecule has 0 aliphatic carbocycles. The van der Waals surface area contributed by atoms with Gasteiger partial charge in [0.1, 0.15) is 22.5 Å². The number of aromatic nitrogens is 3.